The third-order valence-corrected chi connectivity index (χ3v) is 19.3. The Morgan fingerprint density at radius 3 is 1.45 bits per heavy atom. The van der Waals surface area contributed by atoms with E-state index in [-0.39, 0.29) is 32.8 Å². The zero-order chi connectivity index (χ0) is 72.3. The summed E-state index contributed by atoms with van der Waals surface area (Å²) in [6, 6.07) is 66.9. The predicted octanol–water partition coefficient (Wildman–Crippen LogP) is 22.0. The zero-order valence-electron chi connectivity index (χ0n) is 64.6. The maximum Gasteiger partial charge on any atom is 0.256 e. The second kappa shape index (κ2) is 21.7. The highest BCUT2D eigenvalue weighted by molar-refractivity contribution is 6.99. The Hall–Kier alpha value is -9.70. The molecule has 0 N–H and O–H groups in total. The maximum absolute atomic E-state index is 9.92. The van der Waals surface area contributed by atoms with Crippen LogP contribution in [0, 0.1) is 0 Å². The second-order valence-electron chi connectivity index (χ2n) is 29.4. The molecule has 0 saturated heterocycles. The molecule has 0 spiro atoms. The molecule has 2 heterocycles. The summed E-state index contributed by atoms with van der Waals surface area (Å²) in [5, 5.41) is 0. The molecule has 1 aliphatic carbocycles. The highest BCUT2D eigenvalue weighted by Crippen LogP contribution is 2.59. The van der Waals surface area contributed by atoms with Crippen molar-refractivity contribution in [2.45, 2.75) is 110 Å². The first-order chi connectivity index (χ1) is 48.3. The van der Waals surface area contributed by atoms with Gasteiger partial charge in [0.25, 0.3) is 6.71 Å². The molecule has 450 valence electrons. The Labute approximate surface area is 560 Å². The minimum Gasteiger partial charge on any atom is -0.458 e. The number of hydrogen-bond donors (Lipinski definition) is 0. The molecule has 12 aromatic carbocycles. The van der Waals surface area contributed by atoms with Crippen molar-refractivity contribution in [3.8, 4) is 78.3 Å². The molecule has 0 amide bonds. The number of fused-ring (bicyclic) bond motifs is 7. The molecule has 0 bridgehead atoms. The lowest BCUT2D eigenvalue weighted by atomic mass is 9.34. The Morgan fingerprint density at radius 1 is 0.348 bits per heavy atom. The van der Waals surface area contributed by atoms with Crippen LogP contribution in [0.4, 0.5) is 17.1 Å². The second-order valence-corrected chi connectivity index (χ2v) is 29.4. The predicted molar refractivity (Wildman–Crippen MR) is 392 cm³/mol. The van der Waals surface area contributed by atoms with Gasteiger partial charge in [-0.05, 0) is 175 Å². The van der Waals surface area contributed by atoms with Crippen molar-refractivity contribution >= 4 is 40.2 Å². The molecular weight excluding hydrogens is 1110 g/mol. The van der Waals surface area contributed by atoms with Crippen LogP contribution in [0.5, 0.6) is 11.5 Å². The molecule has 0 aromatic heterocycles. The van der Waals surface area contributed by atoms with Crippen molar-refractivity contribution in [1.82, 2.24) is 0 Å². The van der Waals surface area contributed by atoms with Gasteiger partial charge in [-0.25, -0.2) is 0 Å². The van der Waals surface area contributed by atoms with E-state index < -0.39 is 72.6 Å². The lowest BCUT2D eigenvalue weighted by molar-refractivity contribution is 0.488. The van der Waals surface area contributed by atoms with Crippen LogP contribution >= 0.6 is 0 Å². The highest BCUT2D eigenvalue weighted by atomic mass is 16.5. The van der Waals surface area contributed by atoms with E-state index in [2.05, 4.69) is 240 Å². The number of ether oxygens (including phenoxy) is 1. The minimum absolute atomic E-state index is 0.148. The fourth-order valence-electron chi connectivity index (χ4n) is 14.4. The van der Waals surface area contributed by atoms with E-state index in [4.69, 9.17) is 7.48 Å². The smallest absolute Gasteiger partial charge is 0.256 e. The average molecular weight is 1200 g/mol. The van der Waals surface area contributed by atoms with Crippen LogP contribution in [0.15, 0.2) is 267 Å². The minimum atomic E-state index is -2.09. The van der Waals surface area contributed by atoms with E-state index in [0.717, 1.165) is 78.0 Å². The van der Waals surface area contributed by atoms with Gasteiger partial charge in [-0.1, -0.05) is 313 Å². The molecule has 3 aliphatic rings. The van der Waals surface area contributed by atoms with Gasteiger partial charge in [0.1, 0.15) is 11.5 Å². The van der Waals surface area contributed by atoms with Gasteiger partial charge in [0, 0.05) is 22.5 Å². The summed E-state index contributed by atoms with van der Waals surface area (Å²) in [4.78, 5) is 2.51. The molecule has 0 saturated carbocycles. The summed E-state index contributed by atoms with van der Waals surface area (Å²) in [7, 11) is 0. The summed E-state index contributed by atoms with van der Waals surface area (Å²) in [6.45, 7) is 26.6. The molecule has 0 radical (unpaired) electrons. The third-order valence-electron chi connectivity index (χ3n) is 19.3. The largest absolute Gasteiger partial charge is 0.458 e. The Kier molecular flexibility index (Phi) is 11.4. The monoisotopic (exact) mass is 1200 g/mol. The SMILES string of the molecule is [2H]c1c([2H])c([2H])c(C2(c3c([2H])c([2H])c([2H])c([2H])c3[2H])c3ccccc3-c3cccc(-c4ccc5c(c4)B4c6cc(-c7cccc(C(C)(C)C)c7)ccc6N(c6c(-c7ccccc7)cc(C(C)(C)C)cc6-c6ccccc6)c6cc(-c7cc(C(C)(C)C)cc(C(C)(C)C)c7)cc(c64)O5)c32)c([2H])c1[2H]. The van der Waals surface area contributed by atoms with Crippen LogP contribution in [0.1, 0.15) is 141 Å². The standard InChI is InChI=1S/C89H80BNO/c1-85(2,3)66-38-27-33-59(47-66)60-43-45-78-76(50-60)90-77-51-61(70-40-28-41-72-71-39-25-26-42-75(71)89(82(70)72,64-34-21-15-22-35-64)65-36-23-16-24-37-65)44-46-80(77)92-81-53-63(62-48-67(86(4,5)6)54-68(49-62)87(7,8)9)52-79(83(81)90)91(78)84-73(57-29-17-13-18-30-57)55-69(88(10,11)12)56-74(84)58-31-19-14-20-32-58/h13-56H,1-12H3/i15D,16D,21D,22D,23D,24D,34D,35D,36D,37D. The van der Waals surface area contributed by atoms with Crippen LogP contribution in [-0.2, 0) is 27.1 Å². The van der Waals surface area contributed by atoms with Crippen molar-refractivity contribution in [2.24, 2.45) is 0 Å². The highest BCUT2D eigenvalue weighted by Gasteiger charge is 2.49. The number of hydrogen-bond acceptors (Lipinski definition) is 2. The van der Waals surface area contributed by atoms with Crippen molar-refractivity contribution in [1.29, 1.82) is 0 Å². The Balaban J connectivity index is 1.09. The van der Waals surface area contributed by atoms with E-state index in [9.17, 15) is 11.0 Å². The average Bonchev–Trinajstić information content (AvgIpc) is 1.45. The molecule has 0 atom stereocenters. The van der Waals surface area contributed by atoms with Gasteiger partial charge < -0.3 is 9.64 Å². The molecule has 2 nitrogen and oxygen atoms in total. The van der Waals surface area contributed by atoms with Crippen molar-refractivity contribution in [2.75, 3.05) is 4.90 Å². The number of anilines is 3. The fraction of sp³-hybridized carbons (Fsp3) is 0.191. The van der Waals surface area contributed by atoms with Gasteiger partial charge in [-0.15, -0.1) is 0 Å². The maximum atomic E-state index is 9.92. The first-order valence-electron chi connectivity index (χ1n) is 37.2. The molecule has 2 aliphatic heterocycles. The van der Waals surface area contributed by atoms with Gasteiger partial charge in [0.2, 0.25) is 0 Å². The van der Waals surface area contributed by atoms with Gasteiger partial charge in [-0.3, -0.25) is 0 Å². The summed E-state index contributed by atoms with van der Waals surface area (Å²) in [5.74, 6) is 1.30. The number of nitrogens with zero attached hydrogens (tertiary/aromatic N) is 1. The molecule has 0 unspecified atom stereocenters. The summed E-state index contributed by atoms with van der Waals surface area (Å²) >= 11 is 0. The molecule has 15 rings (SSSR count). The first kappa shape index (κ1) is 48.1. The van der Waals surface area contributed by atoms with Crippen LogP contribution in [0.2, 0.25) is 0 Å². The lowest BCUT2D eigenvalue weighted by Crippen LogP contribution is -2.59. The summed E-state index contributed by atoms with van der Waals surface area (Å²) in [6.07, 6.45) is 0. The number of rotatable bonds is 8. The lowest BCUT2D eigenvalue weighted by Gasteiger charge is -2.42. The first-order valence-corrected chi connectivity index (χ1v) is 32.2. The van der Waals surface area contributed by atoms with E-state index in [1.807, 2.05) is 42.5 Å². The number of benzene rings is 12. The van der Waals surface area contributed by atoms with Gasteiger partial charge >= 0.3 is 0 Å². The molecule has 92 heavy (non-hydrogen) atoms. The van der Waals surface area contributed by atoms with Crippen LogP contribution in [-0.4, -0.2) is 6.71 Å². The quantitative estimate of drug-likeness (QED) is 0.141. The van der Waals surface area contributed by atoms with Crippen molar-refractivity contribution in [3.63, 3.8) is 0 Å². The van der Waals surface area contributed by atoms with E-state index in [1.165, 1.54) is 22.3 Å². The van der Waals surface area contributed by atoms with Gasteiger partial charge in [0.05, 0.1) is 24.8 Å². The van der Waals surface area contributed by atoms with E-state index >= 15 is 0 Å². The molecule has 3 heteroatoms. The van der Waals surface area contributed by atoms with E-state index in [0.29, 0.717) is 44.9 Å². The molecular formula is C89H80BNO. The van der Waals surface area contributed by atoms with Crippen LogP contribution in [0.25, 0.3) is 66.8 Å². The van der Waals surface area contributed by atoms with Crippen LogP contribution in [0.3, 0.4) is 0 Å². The van der Waals surface area contributed by atoms with Crippen molar-refractivity contribution < 1.29 is 18.4 Å². The topological polar surface area (TPSA) is 12.5 Å². The van der Waals surface area contributed by atoms with Crippen LogP contribution < -0.4 is 26.0 Å². The van der Waals surface area contributed by atoms with E-state index in [1.54, 1.807) is 12.1 Å². The van der Waals surface area contributed by atoms with Gasteiger partial charge in [0.15, 0.2) is 0 Å². The Bertz CT molecular complexity index is 5280. The molecule has 12 aromatic rings. The normalized spacial score (nSPS) is 15.3. The third kappa shape index (κ3) is 9.78. The Morgan fingerprint density at radius 2 is 0.837 bits per heavy atom. The molecule has 0 fully saturated rings. The zero-order valence-corrected chi connectivity index (χ0v) is 54.6. The fourth-order valence-corrected chi connectivity index (χ4v) is 14.4. The van der Waals surface area contributed by atoms with Crippen molar-refractivity contribution in [3.05, 3.63) is 311 Å². The summed E-state index contributed by atoms with van der Waals surface area (Å²) in [5.41, 5.74) is 18.8. The van der Waals surface area contributed by atoms with Gasteiger partial charge in [-0.2, -0.15) is 0 Å². The summed E-state index contributed by atoms with van der Waals surface area (Å²) < 4.78 is 102.